The highest BCUT2D eigenvalue weighted by atomic mass is 16.5. The zero-order chi connectivity index (χ0) is 22.8. The molecule has 0 atom stereocenters. The Labute approximate surface area is 187 Å². The molecule has 0 fully saturated rings. The van der Waals surface area contributed by atoms with Crippen LogP contribution in [0.5, 0.6) is 5.75 Å². The predicted octanol–water partition coefficient (Wildman–Crippen LogP) is 2.86. The molecule has 33 heavy (non-hydrogen) atoms. The third kappa shape index (κ3) is 3.97. The van der Waals surface area contributed by atoms with E-state index in [1.165, 1.54) is 4.40 Å². The van der Waals surface area contributed by atoms with Crippen molar-refractivity contribution in [2.45, 2.75) is 6.54 Å². The monoisotopic (exact) mass is 442 g/mol. The summed E-state index contributed by atoms with van der Waals surface area (Å²) in [6.45, 7) is -0.268. The number of carbonyl (C=O) groups is 1. The second-order valence-electron chi connectivity index (χ2n) is 7.12. The molecule has 1 amide bonds. The highest BCUT2D eigenvalue weighted by molar-refractivity contribution is 5.90. The van der Waals surface area contributed by atoms with Crippen LogP contribution in [0.25, 0.3) is 28.5 Å². The van der Waals surface area contributed by atoms with E-state index in [1.54, 1.807) is 49.7 Å². The first-order valence-electron chi connectivity index (χ1n) is 10.0. The number of amides is 1. The number of nitrogens with zero attached hydrogens (tertiary/aromatic N) is 5. The van der Waals surface area contributed by atoms with Gasteiger partial charge in [0.1, 0.15) is 12.3 Å². The first-order valence-corrected chi connectivity index (χ1v) is 10.0. The Kier molecular flexibility index (Phi) is 5.15. The number of aromatic nitrogens is 5. The molecule has 0 unspecified atom stereocenters. The number of fused-ring (bicyclic) bond motifs is 1. The van der Waals surface area contributed by atoms with Crippen LogP contribution in [0.4, 0.5) is 5.69 Å². The van der Waals surface area contributed by atoms with Crippen LogP contribution in [0.2, 0.25) is 0 Å². The van der Waals surface area contributed by atoms with Gasteiger partial charge in [0.05, 0.1) is 12.7 Å². The normalized spacial score (nSPS) is 10.9. The maximum absolute atomic E-state index is 12.8. The van der Waals surface area contributed by atoms with E-state index in [0.717, 1.165) is 10.2 Å². The highest BCUT2D eigenvalue weighted by Gasteiger charge is 2.18. The maximum atomic E-state index is 12.8. The average Bonchev–Trinajstić information content (AvgIpc) is 3.45. The Hall–Kier alpha value is -4.73. The van der Waals surface area contributed by atoms with Crippen molar-refractivity contribution in [2.24, 2.45) is 0 Å². The summed E-state index contributed by atoms with van der Waals surface area (Å²) >= 11 is 0. The van der Waals surface area contributed by atoms with Gasteiger partial charge < -0.3 is 14.6 Å². The van der Waals surface area contributed by atoms with Crippen molar-refractivity contribution < 1.29 is 14.1 Å². The minimum Gasteiger partial charge on any atom is -0.497 e. The number of pyridine rings is 1. The van der Waals surface area contributed by atoms with Crippen LogP contribution in [0.15, 0.2) is 82.2 Å². The molecule has 0 saturated carbocycles. The fraction of sp³-hybridized carbons (Fsp3) is 0.0870. The van der Waals surface area contributed by atoms with Crippen molar-refractivity contribution in [3.63, 3.8) is 0 Å². The summed E-state index contributed by atoms with van der Waals surface area (Å²) in [5.74, 6) is 0.848. The van der Waals surface area contributed by atoms with E-state index >= 15 is 0 Å². The first-order chi connectivity index (χ1) is 16.1. The number of carbonyl (C=O) groups excluding carboxylic acids is 1. The van der Waals surface area contributed by atoms with Crippen molar-refractivity contribution in [3.05, 3.63) is 83.4 Å². The van der Waals surface area contributed by atoms with Gasteiger partial charge in [0.2, 0.25) is 11.7 Å². The summed E-state index contributed by atoms with van der Waals surface area (Å²) < 4.78 is 13.0. The van der Waals surface area contributed by atoms with Crippen LogP contribution in [0.1, 0.15) is 0 Å². The van der Waals surface area contributed by atoms with Gasteiger partial charge in [-0.3, -0.25) is 4.79 Å². The summed E-state index contributed by atoms with van der Waals surface area (Å²) in [5, 5.41) is 11.1. The minimum absolute atomic E-state index is 0.220. The summed E-state index contributed by atoms with van der Waals surface area (Å²) in [6, 6.07) is 19.7. The van der Waals surface area contributed by atoms with Gasteiger partial charge in [0.15, 0.2) is 5.65 Å². The Balaban J connectivity index is 1.44. The molecule has 3 aromatic heterocycles. The Bertz CT molecular complexity index is 1500. The van der Waals surface area contributed by atoms with Crippen molar-refractivity contribution >= 4 is 17.2 Å². The largest absolute Gasteiger partial charge is 0.497 e. The number of methoxy groups -OCH3 is 1. The Morgan fingerprint density at radius 2 is 1.94 bits per heavy atom. The van der Waals surface area contributed by atoms with Gasteiger partial charge in [-0.15, -0.1) is 5.10 Å². The molecule has 0 saturated heterocycles. The van der Waals surface area contributed by atoms with Gasteiger partial charge in [0, 0.05) is 23.5 Å². The molecular weight excluding hydrogens is 424 g/mol. The van der Waals surface area contributed by atoms with Gasteiger partial charge in [-0.05, 0) is 24.3 Å². The molecule has 5 rings (SSSR count). The molecule has 0 spiro atoms. The van der Waals surface area contributed by atoms with E-state index in [1.807, 2.05) is 30.3 Å². The second-order valence-corrected chi connectivity index (χ2v) is 7.12. The Morgan fingerprint density at radius 3 is 2.76 bits per heavy atom. The number of anilines is 1. The summed E-state index contributed by atoms with van der Waals surface area (Å²) in [5.41, 5.74) is 1.68. The molecule has 0 aliphatic rings. The molecule has 164 valence electrons. The molecule has 0 bridgehead atoms. The smallest absolute Gasteiger partial charge is 0.350 e. The third-order valence-corrected chi connectivity index (χ3v) is 4.94. The third-order valence-electron chi connectivity index (χ3n) is 4.94. The average molecular weight is 442 g/mol. The van der Waals surface area contributed by atoms with Gasteiger partial charge >= 0.3 is 5.69 Å². The van der Waals surface area contributed by atoms with Crippen LogP contribution >= 0.6 is 0 Å². The lowest BCUT2D eigenvalue weighted by Crippen LogP contribution is -2.28. The van der Waals surface area contributed by atoms with Crippen LogP contribution in [-0.4, -0.2) is 37.3 Å². The quantitative estimate of drug-likeness (QED) is 0.430. The molecular formula is C23H18N6O4. The van der Waals surface area contributed by atoms with Gasteiger partial charge in [-0.2, -0.15) is 4.98 Å². The molecule has 10 nitrogen and oxygen atoms in total. The van der Waals surface area contributed by atoms with E-state index in [2.05, 4.69) is 20.6 Å². The molecule has 3 heterocycles. The number of ether oxygens (including phenoxy) is 1. The molecule has 10 heteroatoms. The predicted molar refractivity (Wildman–Crippen MR) is 120 cm³/mol. The zero-order valence-corrected chi connectivity index (χ0v) is 17.5. The second kappa shape index (κ2) is 8.42. The number of hydrogen-bond donors (Lipinski definition) is 1. The van der Waals surface area contributed by atoms with Gasteiger partial charge in [-0.25, -0.2) is 13.9 Å². The minimum atomic E-state index is -0.463. The van der Waals surface area contributed by atoms with E-state index in [0.29, 0.717) is 28.5 Å². The van der Waals surface area contributed by atoms with Gasteiger partial charge in [0.25, 0.3) is 5.89 Å². The van der Waals surface area contributed by atoms with Crippen molar-refractivity contribution in [1.82, 2.24) is 24.3 Å². The summed E-state index contributed by atoms with van der Waals surface area (Å²) in [4.78, 5) is 29.8. The summed E-state index contributed by atoms with van der Waals surface area (Å²) in [7, 11) is 1.54. The molecule has 0 radical (unpaired) electrons. The van der Waals surface area contributed by atoms with Crippen LogP contribution in [0, 0.1) is 0 Å². The topological polar surface area (TPSA) is 117 Å². The molecule has 0 aliphatic carbocycles. The summed E-state index contributed by atoms with van der Waals surface area (Å²) in [6.07, 6.45) is 1.57. The fourth-order valence-electron chi connectivity index (χ4n) is 3.38. The van der Waals surface area contributed by atoms with E-state index in [4.69, 9.17) is 9.26 Å². The number of nitrogens with one attached hydrogen (secondary N) is 1. The lowest BCUT2D eigenvalue weighted by Gasteiger charge is -2.06. The van der Waals surface area contributed by atoms with E-state index in [-0.39, 0.29) is 12.4 Å². The highest BCUT2D eigenvalue weighted by Crippen LogP contribution is 2.24. The van der Waals surface area contributed by atoms with E-state index < -0.39 is 11.6 Å². The van der Waals surface area contributed by atoms with Crippen molar-refractivity contribution in [2.75, 3.05) is 12.4 Å². The Morgan fingerprint density at radius 1 is 1.09 bits per heavy atom. The lowest BCUT2D eigenvalue weighted by molar-refractivity contribution is -0.117. The van der Waals surface area contributed by atoms with E-state index in [9.17, 15) is 9.59 Å². The van der Waals surface area contributed by atoms with Crippen LogP contribution in [-0.2, 0) is 11.3 Å². The molecule has 1 N–H and O–H groups in total. The number of benzene rings is 2. The molecule has 0 aliphatic heterocycles. The SMILES string of the molecule is COc1cccc(NC(=O)Cn2nc3c(-c4nc(-c5ccccc5)no4)cccn3c2=O)c1. The van der Waals surface area contributed by atoms with Crippen LogP contribution in [0.3, 0.4) is 0 Å². The molecule has 2 aromatic carbocycles. The maximum Gasteiger partial charge on any atom is 0.350 e. The zero-order valence-electron chi connectivity index (χ0n) is 17.5. The number of rotatable bonds is 6. The first kappa shape index (κ1) is 20.2. The van der Waals surface area contributed by atoms with Crippen molar-refractivity contribution in [1.29, 1.82) is 0 Å². The number of hydrogen-bond acceptors (Lipinski definition) is 7. The van der Waals surface area contributed by atoms with Gasteiger partial charge in [-0.1, -0.05) is 41.6 Å². The fourth-order valence-corrected chi connectivity index (χ4v) is 3.38. The van der Waals surface area contributed by atoms with Crippen molar-refractivity contribution in [3.8, 4) is 28.6 Å². The molecule has 5 aromatic rings. The standard InChI is InChI=1S/C23H18N6O4/c1-32-17-10-5-9-16(13-17)24-19(30)14-29-23(31)28-12-6-11-18(21(28)26-29)22-25-20(27-33-22)15-7-3-2-4-8-15/h2-13H,14H2,1H3,(H,24,30). The van der Waals surface area contributed by atoms with Crippen LogP contribution < -0.4 is 15.7 Å². The lowest BCUT2D eigenvalue weighted by atomic mass is 10.2.